The van der Waals surface area contributed by atoms with Crippen molar-refractivity contribution in [2.45, 2.75) is 84.4 Å². The summed E-state index contributed by atoms with van der Waals surface area (Å²) in [4.78, 5) is 11.7. The molecule has 0 spiro atoms. The third-order valence-corrected chi connectivity index (χ3v) is 6.79. The Balaban J connectivity index is 2.10. The zero-order valence-electron chi connectivity index (χ0n) is 17.3. The average molecular weight is 379 g/mol. The maximum Gasteiger partial charge on any atom is 0.303 e. The van der Waals surface area contributed by atoms with Crippen molar-refractivity contribution >= 4 is 5.97 Å². The van der Waals surface area contributed by atoms with Crippen LogP contribution in [0.4, 0.5) is 0 Å². The fourth-order valence-electron chi connectivity index (χ4n) is 5.60. The van der Waals surface area contributed by atoms with Crippen molar-refractivity contribution in [3.05, 3.63) is 23.3 Å². The summed E-state index contributed by atoms with van der Waals surface area (Å²) >= 11 is 0. The van der Waals surface area contributed by atoms with Crippen LogP contribution in [0.1, 0.15) is 54.4 Å². The minimum atomic E-state index is -1.34. The van der Waals surface area contributed by atoms with Crippen LogP contribution >= 0.6 is 0 Å². The number of ether oxygens (including phenoxy) is 2. The van der Waals surface area contributed by atoms with Crippen LogP contribution in [-0.2, 0) is 14.3 Å². The van der Waals surface area contributed by atoms with Gasteiger partial charge in [0.05, 0.1) is 18.3 Å². The number of fused-ring (bicyclic) bond motifs is 5. The lowest BCUT2D eigenvalue weighted by Crippen LogP contribution is -2.56. The molecule has 0 aromatic heterocycles. The van der Waals surface area contributed by atoms with Crippen molar-refractivity contribution in [1.29, 1.82) is 0 Å². The molecule has 27 heavy (non-hydrogen) atoms. The predicted octanol–water partition coefficient (Wildman–Crippen LogP) is 3.00. The van der Waals surface area contributed by atoms with Crippen molar-refractivity contribution in [2.24, 2.45) is 23.7 Å². The first-order valence-corrected chi connectivity index (χ1v) is 10.1. The van der Waals surface area contributed by atoms with Gasteiger partial charge in [0, 0.05) is 25.2 Å². The molecule has 1 saturated heterocycles. The molecule has 3 rings (SSSR count). The van der Waals surface area contributed by atoms with Crippen molar-refractivity contribution in [3.8, 4) is 0 Å². The first kappa shape index (κ1) is 20.6. The van der Waals surface area contributed by atoms with Gasteiger partial charge in [-0.15, -0.1) is 0 Å². The zero-order chi connectivity index (χ0) is 20.1. The topological polar surface area (TPSA) is 76.0 Å². The fraction of sp³-hybridized carbons (Fsp3) is 0.773. The number of carbonyl (C=O) groups excluding carboxylic acids is 1. The van der Waals surface area contributed by atoms with E-state index in [-0.39, 0.29) is 29.8 Å². The lowest BCUT2D eigenvalue weighted by molar-refractivity contribution is -0.189. The Morgan fingerprint density at radius 3 is 2.63 bits per heavy atom. The first-order chi connectivity index (χ1) is 12.5. The normalized spacial score (nSPS) is 44.6. The molecule has 0 radical (unpaired) electrons. The second-order valence-electron chi connectivity index (χ2n) is 9.24. The molecule has 152 valence electrons. The number of carbonyl (C=O) groups is 1. The molecule has 2 aliphatic heterocycles. The van der Waals surface area contributed by atoms with E-state index in [0.717, 1.165) is 12.0 Å². The van der Waals surface area contributed by atoms with E-state index in [1.54, 1.807) is 6.92 Å². The van der Waals surface area contributed by atoms with E-state index in [4.69, 9.17) is 9.47 Å². The number of aliphatic hydroxyl groups excluding tert-OH is 1. The van der Waals surface area contributed by atoms with Gasteiger partial charge in [0.15, 0.2) is 0 Å². The molecule has 0 saturated carbocycles. The molecule has 0 unspecified atom stereocenters. The Morgan fingerprint density at radius 1 is 1.37 bits per heavy atom. The molecule has 0 aromatic rings. The van der Waals surface area contributed by atoms with Crippen LogP contribution in [0, 0.1) is 23.7 Å². The smallest absolute Gasteiger partial charge is 0.303 e. The van der Waals surface area contributed by atoms with Gasteiger partial charge in [-0.1, -0.05) is 37.1 Å². The summed E-state index contributed by atoms with van der Waals surface area (Å²) in [7, 11) is 0. The summed E-state index contributed by atoms with van der Waals surface area (Å²) in [6.07, 6.45) is 3.50. The first-order valence-electron chi connectivity index (χ1n) is 10.1. The van der Waals surface area contributed by atoms with E-state index in [9.17, 15) is 15.0 Å². The highest BCUT2D eigenvalue weighted by Crippen LogP contribution is 2.53. The monoisotopic (exact) mass is 378 g/mol. The quantitative estimate of drug-likeness (QED) is 0.571. The second-order valence-corrected chi connectivity index (χ2v) is 9.24. The lowest BCUT2D eigenvalue weighted by atomic mass is 9.61. The molecule has 3 aliphatic rings. The third kappa shape index (κ3) is 3.62. The molecule has 1 fully saturated rings. The van der Waals surface area contributed by atoms with E-state index in [1.807, 2.05) is 6.08 Å². The molecule has 2 bridgehead atoms. The van der Waals surface area contributed by atoms with Gasteiger partial charge in [0.2, 0.25) is 0 Å². The highest BCUT2D eigenvalue weighted by molar-refractivity contribution is 5.66. The molecule has 0 aromatic carbocycles. The Hall–Kier alpha value is -1.17. The summed E-state index contributed by atoms with van der Waals surface area (Å²) in [5.74, 6) is -0.0476. The Bertz CT molecular complexity index is 647. The van der Waals surface area contributed by atoms with Crippen LogP contribution in [-0.4, -0.2) is 46.2 Å². The summed E-state index contributed by atoms with van der Waals surface area (Å²) < 4.78 is 12.0. The fourth-order valence-corrected chi connectivity index (χ4v) is 5.60. The Morgan fingerprint density at radius 2 is 2.04 bits per heavy atom. The molecule has 1 aliphatic carbocycles. The van der Waals surface area contributed by atoms with Crippen molar-refractivity contribution < 1.29 is 24.5 Å². The third-order valence-electron chi connectivity index (χ3n) is 6.79. The van der Waals surface area contributed by atoms with Crippen molar-refractivity contribution in [2.75, 3.05) is 0 Å². The number of hydrogen-bond donors (Lipinski definition) is 2. The predicted molar refractivity (Wildman–Crippen MR) is 103 cm³/mol. The van der Waals surface area contributed by atoms with Gasteiger partial charge >= 0.3 is 5.97 Å². The zero-order valence-corrected chi connectivity index (χ0v) is 17.3. The molecule has 5 nitrogen and oxygen atoms in total. The molecule has 0 amide bonds. The van der Waals surface area contributed by atoms with Crippen LogP contribution in [0.2, 0.25) is 0 Å². The second kappa shape index (κ2) is 7.34. The highest BCUT2D eigenvalue weighted by Gasteiger charge is 2.60. The minimum absolute atomic E-state index is 0.0122. The number of rotatable bonds is 2. The van der Waals surface area contributed by atoms with Gasteiger partial charge in [0.25, 0.3) is 0 Å². The highest BCUT2D eigenvalue weighted by atomic mass is 16.6. The number of hydrogen-bond acceptors (Lipinski definition) is 5. The number of esters is 1. The van der Waals surface area contributed by atoms with Gasteiger partial charge in [0.1, 0.15) is 11.7 Å². The Labute approximate surface area is 162 Å². The van der Waals surface area contributed by atoms with Gasteiger partial charge < -0.3 is 19.7 Å². The molecule has 2 N–H and O–H groups in total. The molecule has 2 heterocycles. The van der Waals surface area contributed by atoms with Crippen LogP contribution in [0.15, 0.2) is 23.3 Å². The maximum atomic E-state index is 11.7. The van der Waals surface area contributed by atoms with E-state index < -0.39 is 29.9 Å². The van der Waals surface area contributed by atoms with Crippen LogP contribution in [0.3, 0.4) is 0 Å². The summed E-state index contributed by atoms with van der Waals surface area (Å²) in [6.45, 7) is 11.4. The minimum Gasteiger partial charge on any atom is -0.459 e. The molecular formula is C22H34O5. The SMILES string of the molecule is CC(=O)O[C@H]1CC=C(C)C[C@H]2O[C@H]([C@H]3[C@@H]2C(C)=C[C@@H](O)[C@@H]3C(C)C)[C@]1(C)O. The van der Waals surface area contributed by atoms with E-state index in [0.29, 0.717) is 6.42 Å². The maximum absolute atomic E-state index is 11.7. The van der Waals surface area contributed by atoms with Gasteiger partial charge in [-0.25, -0.2) is 0 Å². The lowest BCUT2D eigenvalue weighted by Gasteiger charge is -2.45. The van der Waals surface area contributed by atoms with E-state index >= 15 is 0 Å². The summed E-state index contributed by atoms with van der Waals surface area (Å²) in [5, 5.41) is 22.4. The van der Waals surface area contributed by atoms with Crippen LogP contribution in [0.25, 0.3) is 0 Å². The van der Waals surface area contributed by atoms with Gasteiger partial charge in [-0.05, 0) is 39.0 Å². The van der Waals surface area contributed by atoms with Crippen LogP contribution in [0.5, 0.6) is 0 Å². The summed E-state index contributed by atoms with van der Waals surface area (Å²) in [6, 6.07) is 0. The number of aliphatic hydroxyl groups is 2. The van der Waals surface area contributed by atoms with Crippen molar-refractivity contribution in [3.63, 3.8) is 0 Å². The summed E-state index contributed by atoms with van der Waals surface area (Å²) in [5.41, 5.74) is 0.967. The van der Waals surface area contributed by atoms with Gasteiger partial charge in [-0.2, -0.15) is 0 Å². The molecular weight excluding hydrogens is 344 g/mol. The van der Waals surface area contributed by atoms with Crippen LogP contribution < -0.4 is 0 Å². The molecule has 5 heteroatoms. The standard InChI is InChI=1S/C22H34O5/c1-11(2)18-15(24)10-13(4)19-16-9-12(3)7-8-17(26-14(5)23)22(6,25)21(27-16)20(18)19/h7,10-11,15-21,24-25H,8-9H2,1-6H3/t15-,16-,17+,18+,19-,20-,21-,22-/m1/s1. The largest absolute Gasteiger partial charge is 0.459 e. The van der Waals surface area contributed by atoms with Gasteiger partial charge in [-0.3, -0.25) is 4.79 Å². The molecule has 8 atom stereocenters. The van der Waals surface area contributed by atoms with E-state index in [2.05, 4.69) is 33.8 Å². The van der Waals surface area contributed by atoms with Crippen molar-refractivity contribution in [1.82, 2.24) is 0 Å². The average Bonchev–Trinajstić information content (AvgIpc) is 2.91. The van der Waals surface area contributed by atoms with E-state index in [1.165, 1.54) is 12.5 Å². The Kier molecular flexibility index (Phi) is 5.59.